The Bertz CT molecular complexity index is 579. The van der Waals surface area contributed by atoms with Crippen molar-refractivity contribution in [2.24, 2.45) is 0 Å². The molecule has 0 amide bonds. The van der Waals surface area contributed by atoms with Gasteiger partial charge >= 0.3 is 0 Å². The number of hydrogen-bond donors (Lipinski definition) is 2. The lowest BCUT2D eigenvalue weighted by Gasteiger charge is -2.12. The summed E-state index contributed by atoms with van der Waals surface area (Å²) < 4.78 is 0. The van der Waals surface area contributed by atoms with Crippen LogP contribution in [-0.4, -0.2) is 10.2 Å². The minimum Gasteiger partial charge on any atom is -0.508 e. The molecule has 0 fully saturated rings. The van der Waals surface area contributed by atoms with E-state index in [0.717, 1.165) is 17.7 Å². The molecule has 0 spiro atoms. The van der Waals surface area contributed by atoms with E-state index in [1.807, 2.05) is 6.07 Å². The summed E-state index contributed by atoms with van der Waals surface area (Å²) in [4.78, 5) is 1.82. The lowest BCUT2D eigenvalue weighted by molar-refractivity contribution is 0.448. The summed E-state index contributed by atoms with van der Waals surface area (Å²) in [7, 11) is 0. The molecule has 0 aliphatic rings. The third-order valence-corrected chi connectivity index (χ3v) is 4.28. The number of aryl methyl sites for hydroxylation is 1. The third kappa shape index (κ3) is 3.04. The molecule has 0 saturated heterocycles. The van der Waals surface area contributed by atoms with Crippen LogP contribution in [-0.2, 0) is 12.8 Å². The SMILES string of the molecule is CCc1cccc(Sc2cc(O)ccc2O)c1CC. The van der Waals surface area contributed by atoms with Crippen LogP contribution in [0.25, 0.3) is 0 Å². The quantitative estimate of drug-likeness (QED) is 0.813. The molecule has 3 heteroatoms. The zero-order valence-corrected chi connectivity index (χ0v) is 12.0. The summed E-state index contributed by atoms with van der Waals surface area (Å²) in [5, 5.41) is 19.4. The topological polar surface area (TPSA) is 40.5 Å². The molecule has 0 bridgehead atoms. The summed E-state index contributed by atoms with van der Waals surface area (Å²) in [6, 6.07) is 10.9. The van der Waals surface area contributed by atoms with Gasteiger partial charge in [-0.3, -0.25) is 0 Å². The zero-order valence-electron chi connectivity index (χ0n) is 11.2. The molecule has 0 aromatic heterocycles. The maximum absolute atomic E-state index is 9.85. The van der Waals surface area contributed by atoms with Gasteiger partial charge in [-0.25, -0.2) is 0 Å². The van der Waals surface area contributed by atoms with Crippen molar-refractivity contribution in [2.45, 2.75) is 36.5 Å². The number of phenolic OH excluding ortho intramolecular Hbond substituents is 2. The maximum atomic E-state index is 9.85. The van der Waals surface area contributed by atoms with E-state index in [-0.39, 0.29) is 11.5 Å². The first-order valence-electron chi connectivity index (χ1n) is 6.46. The van der Waals surface area contributed by atoms with E-state index in [2.05, 4.69) is 26.0 Å². The van der Waals surface area contributed by atoms with Crippen molar-refractivity contribution in [3.05, 3.63) is 47.5 Å². The van der Waals surface area contributed by atoms with Gasteiger partial charge in [-0.2, -0.15) is 0 Å². The first-order chi connectivity index (χ1) is 9.15. The molecule has 2 aromatic carbocycles. The predicted molar refractivity (Wildman–Crippen MR) is 79.1 cm³/mol. The van der Waals surface area contributed by atoms with E-state index in [4.69, 9.17) is 0 Å². The first kappa shape index (κ1) is 13.8. The van der Waals surface area contributed by atoms with Gasteiger partial charge in [-0.15, -0.1) is 0 Å². The second-order valence-electron chi connectivity index (χ2n) is 4.36. The van der Waals surface area contributed by atoms with Gasteiger partial charge in [0.25, 0.3) is 0 Å². The Hall–Kier alpha value is -1.61. The van der Waals surface area contributed by atoms with Crippen LogP contribution in [0.5, 0.6) is 11.5 Å². The minimum atomic E-state index is 0.171. The van der Waals surface area contributed by atoms with Gasteiger partial charge in [-0.05, 0) is 48.2 Å². The Balaban J connectivity index is 2.40. The van der Waals surface area contributed by atoms with Crippen molar-refractivity contribution in [3.63, 3.8) is 0 Å². The number of phenols is 2. The Morgan fingerprint density at radius 3 is 2.42 bits per heavy atom. The lowest BCUT2D eigenvalue weighted by atomic mass is 10.0. The summed E-state index contributed by atoms with van der Waals surface area (Å²) >= 11 is 1.50. The normalized spacial score (nSPS) is 10.6. The van der Waals surface area contributed by atoms with Gasteiger partial charge in [-0.1, -0.05) is 37.7 Å². The molecule has 0 saturated carbocycles. The van der Waals surface area contributed by atoms with Crippen molar-refractivity contribution < 1.29 is 10.2 Å². The van der Waals surface area contributed by atoms with Crippen molar-refractivity contribution >= 4 is 11.8 Å². The van der Waals surface area contributed by atoms with Gasteiger partial charge < -0.3 is 10.2 Å². The standard InChI is InChI=1S/C16H18O2S/c1-3-11-6-5-7-15(13(11)4-2)19-16-10-12(17)8-9-14(16)18/h5-10,17-18H,3-4H2,1-2H3. The molecule has 19 heavy (non-hydrogen) atoms. The average Bonchev–Trinajstić information content (AvgIpc) is 2.42. The second-order valence-corrected chi connectivity index (χ2v) is 5.44. The molecule has 2 nitrogen and oxygen atoms in total. The highest BCUT2D eigenvalue weighted by atomic mass is 32.2. The van der Waals surface area contributed by atoms with Crippen LogP contribution >= 0.6 is 11.8 Å². The largest absolute Gasteiger partial charge is 0.508 e. The highest BCUT2D eigenvalue weighted by Crippen LogP contribution is 2.38. The van der Waals surface area contributed by atoms with E-state index >= 15 is 0 Å². The lowest BCUT2D eigenvalue weighted by Crippen LogP contribution is -1.93. The van der Waals surface area contributed by atoms with Crippen LogP contribution in [0.1, 0.15) is 25.0 Å². The highest BCUT2D eigenvalue weighted by molar-refractivity contribution is 7.99. The maximum Gasteiger partial charge on any atom is 0.129 e. The molecular weight excluding hydrogens is 256 g/mol. The molecule has 0 aliphatic carbocycles. The summed E-state index contributed by atoms with van der Waals surface area (Å²) in [6.07, 6.45) is 1.97. The molecule has 100 valence electrons. The molecule has 0 heterocycles. The fourth-order valence-electron chi connectivity index (χ4n) is 2.14. The van der Waals surface area contributed by atoms with E-state index in [1.54, 1.807) is 6.07 Å². The Kier molecular flexibility index (Phi) is 4.38. The van der Waals surface area contributed by atoms with E-state index in [0.29, 0.717) is 4.90 Å². The molecular formula is C16H18O2S. The second kappa shape index (κ2) is 6.02. The number of hydrogen-bond acceptors (Lipinski definition) is 3. The monoisotopic (exact) mass is 274 g/mol. The number of benzene rings is 2. The van der Waals surface area contributed by atoms with Crippen LogP contribution in [0.2, 0.25) is 0 Å². The summed E-state index contributed by atoms with van der Waals surface area (Å²) in [5.41, 5.74) is 2.66. The van der Waals surface area contributed by atoms with Crippen LogP contribution in [0.3, 0.4) is 0 Å². The first-order valence-corrected chi connectivity index (χ1v) is 7.28. The van der Waals surface area contributed by atoms with Crippen molar-refractivity contribution in [2.75, 3.05) is 0 Å². The van der Waals surface area contributed by atoms with Crippen LogP contribution in [0.15, 0.2) is 46.2 Å². The Morgan fingerprint density at radius 2 is 1.74 bits per heavy atom. The fraction of sp³-hybridized carbons (Fsp3) is 0.250. The molecule has 0 radical (unpaired) electrons. The smallest absolute Gasteiger partial charge is 0.129 e. The van der Waals surface area contributed by atoms with Crippen LogP contribution < -0.4 is 0 Å². The third-order valence-electron chi connectivity index (χ3n) is 3.13. The van der Waals surface area contributed by atoms with E-state index in [9.17, 15) is 10.2 Å². The Labute approximate surface area is 118 Å². The molecule has 2 rings (SSSR count). The predicted octanol–water partition coefficient (Wildman–Crippen LogP) is 4.37. The van der Waals surface area contributed by atoms with Gasteiger partial charge in [0.1, 0.15) is 11.5 Å². The van der Waals surface area contributed by atoms with E-state index in [1.165, 1.54) is 35.0 Å². The molecule has 2 N–H and O–H groups in total. The van der Waals surface area contributed by atoms with Gasteiger partial charge in [0.05, 0.1) is 4.90 Å². The van der Waals surface area contributed by atoms with Gasteiger partial charge in [0.15, 0.2) is 0 Å². The molecule has 2 aromatic rings. The molecule has 0 atom stereocenters. The Morgan fingerprint density at radius 1 is 0.947 bits per heavy atom. The van der Waals surface area contributed by atoms with Gasteiger partial charge in [0, 0.05) is 4.90 Å². The number of aromatic hydroxyl groups is 2. The summed E-state index contributed by atoms with van der Waals surface area (Å²) in [6.45, 7) is 4.29. The zero-order chi connectivity index (χ0) is 13.8. The highest BCUT2D eigenvalue weighted by Gasteiger charge is 2.10. The van der Waals surface area contributed by atoms with Crippen LogP contribution in [0.4, 0.5) is 0 Å². The molecule has 0 aliphatic heterocycles. The fourth-order valence-corrected chi connectivity index (χ4v) is 3.28. The van der Waals surface area contributed by atoms with Crippen molar-refractivity contribution in [1.82, 2.24) is 0 Å². The minimum absolute atomic E-state index is 0.171. The van der Waals surface area contributed by atoms with E-state index < -0.39 is 0 Å². The van der Waals surface area contributed by atoms with Crippen molar-refractivity contribution in [3.8, 4) is 11.5 Å². The molecule has 0 unspecified atom stereocenters. The average molecular weight is 274 g/mol. The number of rotatable bonds is 4. The summed E-state index contributed by atoms with van der Waals surface area (Å²) in [5.74, 6) is 0.372. The van der Waals surface area contributed by atoms with Crippen molar-refractivity contribution in [1.29, 1.82) is 0 Å². The van der Waals surface area contributed by atoms with Crippen LogP contribution in [0, 0.1) is 0 Å². The van der Waals surface area contributed by atoms with Gasteiger partial charge in [0.2, 0.25) is 0 Å².